The number of primary amides is 1. The van der Waals surface area contributed by atoms with Crippen LogP contribution in [0.15, 0.2) is 54.7 Å². The highest BCUT2D eigenvalue weighted by molar-refractivity contribution is 6.35. The summed E-state index contributed by atoms with van der Waals surface area (Å²) in [5.74, 6) is 0.279. The van der Waals surface area contributed by atoms with Crippen molar-refractivity contribution in [3.63, 3.8) is 0 Å². The molecule has 0 unspecified atom stereocenters. The van der Waals surface area contributed by atoms with Gasteiger partial charge in [0.1, 0.15) is 5.75 Å². The van der Waals surface area contributed by atoms with Gasteiger partial charge in [-0.3, -0.25) is 10.1 Å². The Hall–Kier alpha value is -3.23. The molecule has 0 radical (unpaired) electrons. The van der Waals surface area contributed by atoms with Crippen LogP contribution in [0.1, 0.15) is 5.56 Å². The van der Waals surface area contributed by atoms with E-state index in [0.29, 0.717) is 27.3 Å². The standard InChI is InChI=1S/C19H17Cl2N5O3/c20-13-4-5-16(15(21)9-13)26-7-6-18(25-26)24-19(28)23-10-12-2-1-3-14(8-12)29-11-17(22)27/h1-9H,10-11H2,(H2,22,27)(H2,23,24,25,28). The minimum Gasteiger partial charge on any atom is -0.484 e. The van der Waals surface area contributed by atoms with Gasteiger partial charge < -0.3 is 15.8 Å². The lowest BCUT2D eigenvalue weighted by Crippen LogP contribution is -2.28. The minimum atomic E-state index is -0.563. The number of benzene rings is 2. The van der Waals surface area contributed by atoms with E-state index in [0.717, 1.165) is 5.56 Å². The van der Waals surface area contributed by atoms with Crippen LogP contribution in [0.4, 0.5) is 10.6 Å². The fraction of sp³-hybridized carbons (Fsp3) is 0.105. The lowest BCUT2D eigenvalue weighted by molar-refractivity contribution is -0.119. The molecule has 4 N–H and O–H groups in total. The molecule has 2 aromatic carbocycles. The van der Waals surface area contributed by atoms with E-state index in [1.54, 1.807) is 48.7 Å². The van der Waals surface area contributed by atoms with Gasteiger partial charge in [-0.05, 0) is 35.9 Å². The Morgan fingerprint density at radius 1 is 1.14 bits per heavy atom. The number of amides is 3. The van der Waals surface area contributed by atoms with Crippen LogP contribution in [0.25, 0.3) is 5.69 Å². The van der Waals surface area contributed by atoms with Crippen molar-refractivity contribution in [2.45, 2.75) is 6.54 Å². The third kappa shape index (κ3) is 5.87. The van der Waals surface area contributed by atoms with Gasteiger partial charge in [0.15, 0.2) is 12.4 Å². The molecule has 10 heteroatoms. The van der Waals surface area contributed by atoms with Gasteiger partial charge >= 0.3 is 6.03 Å². The Bertz CT molecular complexity index is 1040. The highest BCUT2D eigenvalue weighted by atomic mass is 35.5. The van der Waals surface area contributed by atoms with E-state index in [4.69, 9.17) is 33.7 Å². The van der Waals surface area contributed by atoms with Gasteiger partial charge in [-0.1, -0.05) is 35.3 Å². The Morgan fingerprint density at radius 2 is 1.97 bits per heavy atom. The monoisotopic (exact) mass is 433 g/mol. The first-order chi connectivity index (χ1) is 13.9. The van der Waals surface area contributed by atoms with Crippen molar-refractivity contribution in [2.75, 3.05) is 11.9 Å². The molecule has 0 saturated carbocycles. The number of anilines is 1. The van der Waals surface area contributed by atoms with Crippen molar-refractivity contribution in [3.05, 3.63) is 70.3 Å². The van der Waals surface area contributed by atoms with Crippen molar-refractivity contribution in [2.24, 2.45) is 5.73 Å². The number of carbonyl (C=O) groups excluding carboxylic acids is 2. The Balaban J connectivity index is 1.56. The average molecular weight is 434 g/mol. The van der Waals surface area contributed by atoms with Crippen LogP contribution >= 0.6 is 23.2 Å². The number of nitrogens with two attached hydrogens (primary N) is 1. The molecule has 3 aromatic rings. The molecule has 29 heavy (non-hydrogen) atoms. The number of rotatable bonds is 7. The predicted molar refractivity (Wildman–Crippen MR) is 111 cm³/mol. The molecule has 0 atom stereocenters. The van der Waals surface area contributed by atoms with Gasteiger partial charge in [0, 0.05) is 23.8 Å². The van der Waals surface area contributed by atoms with E-state index >= 15 is 0 Å². The summed E-state index contributed by atoms with van der Waals surface area (Å²) < 4.78 is 6.77. The molecule has 0 spiro atoms. The van der Waals surface area contributed by atoms with Crippen LogP contribution < -0.4 is 21.1 Å². The summed E-state index contributed by atoms with van der Waals surface area (Å²) in [6.07, 6.45) is 1.67. The third-order valence-corrected chi connectivity index (χ3v) is 4.26. The van der Waals surface area contributed by atoms with E-state index in [-0.39, 0.29) is 13.2 Å². The average Bonchev–Trinajstić information content (AvgIpc) is 3.13. The predicted octanol–water partition coefficient (Wildman–Crippen LogP) is 3.36. The van der Waals surface area contributed by atoms with Crippen LogP contribution in [-0.4, -0.2) is 28.3 Å². The molecular weight excluding hydrogens is 417 g/mol. The first kappa shape index (κ1) is 20.5. The quantitative estimate of drug-likeness (QED) is 0.530. The number of nitrogens with one attached hydrogen (secondary N) is 2. The summed E-state index contributed by atoms with van der Waals surface area (Å²) in [4.78, 5) is 22.9. The zero-order valence-corrected chi connectivity index (χ0v) is 16.6. The number of nitrogens with zero attached hydrogens (tertiary/aromatic N) is 2. The maximum absolute atomic E-state index is 12.1. The van der Waals surface area contributed by atoms with Crippen LogP contribution in [-0.2, 0) is 11.3 Å². The molecule has 0 aliphatic heterocycles. The number of aromatic nitrogens is 2. The number of urea groups is 1. The van der Waals surface area contributed by atoms with Crippen molar-refractivity contribution >= 4 is 41.0 Å². The molecular formula is C19H17Cl2N5O3. The summed E-state index contributed by atoms with van der Waals surface area (Å²) in [5, 5.41) is 10.6. The zero-order chi connectivity index (χ0) is 20.8. The summed E-state index contributed by atoms with van der Waals surface area (Å²) in [6.45, 7) is 0.0426. The topological polar surface area (TPSA) is 111 Å². The molecule has 0 aliphatic carbocycles. The molecule has 150 valence electrons. The van der Waals surface area contributed by atoms with Crippen molar-refractivity contribution < 1.29 is 14.3 Å². The lowest BCUT2D eigenvalue weighted by Gasteiger charge is -2.08. The SMILES string of the molecule is NC(=O)COc1cccc(CNC(=O)Nc2ccn(-c3ccc(Cl)cc3Cl)n2)c1. The Morgan fingerprint density at radius 3 is 2.72 bits per heavy atom. The maximum Gasteiger partial charge on any atom is 0.320 e. The molecule has 1 heterocycles. The van der Waals surface area contributed by atoms with Crippen LogP contribution in [0, 0.1) is 0 Å². The van der Waals surface area contributed by atoms with Crippen LogP contribution in [0.3, 0.4) is 0 Å². The summed E-state index contributed by atoms with van der Waals surface area (Å²) >= 11 is 12.1. The second kappa shape index (κ2) is 9.31. The van der Waals surface area contributed by atoms with Gasteiger partial charge in [-0.15, -0.1) is 5.10 Å². The summed E-state index contributed by atoms with van der Waals surface area (Å²) in [5.41, 5.74) is 6.48. The highest BCUT2D eigenvalue weighted by Gasteiger charge is 2.09. The van der Waals surface area contributed by atoms with Gasteiger partial charge in [0.25, 0.3) is 5.91 Å². The zero-order valence-electron chi connectivity index (χ0n) is 15.1. The minimum absolute atomic E-state index is 0.211. The first-order valence-corrected chi connectivity index (χ1v) is 9.22. The van der Waals surface area contributed by atoms with Gasteiger partial charge in [0.05, 0.1) is 10.7 Å². The summed E-state index contributed by atoms with van der Waals surface area (Å²) in [6, 6.07) is 13.2. The van der Waals surface area contributed by atoms with E-state index in [2.05, 4.69) is 15.7 Å². The molecule has 8 nitrogen and oxygen atoms in total. The van der Waals surface area contributed by atoms with Crippen molar-refractivity contribution in [1.82, 2.24) is 15.1 Å². The number of hydrogen-bond acceptors (Lipinski definition) is 4. The van der Waals surface area contributed by atoms with E-state index in [1.165, 1.54) is 4.68 Å². The van der Waals surface area contributed by atoms with E-state index in [9.17, 15) is 9.59 Å². The Labute approximate surface area is 176 Å². The van der Waals surface area contributed by atoms with Gasteiger partial charge in [-0.25, -0.2) is 9.48 Å². The third-order valence-electron chi connectivity index (χ3n) is 3.72. The lowest BCUT2D eigenvalue weighted by atomic mass is 10.2. The van der Waals surface area contributed by atoms with Crippen molar-refractivity contribution in [1.29, 1.82) is 0 Å². The number of ether oxygens (including phenoxy) is 1. The fourth-order valence-corrected chi connectivity index (χ4v) is 2.93. The molecule has 3 amide bonds. The van der Waals surface area contributed by atoms with Gasteiger partial charge in [-0.2, -0.15) is 0 Å². The second-order valence-electron chi connectivity index (χ2n) is 5.95. The van der Waals surface area contributed by atoms with Crippen LogP contribution in [0.5, 0.6) is 5.75 Å². The molecule has 0 fully saturated rings. The van der Waals surface area contributed by atoms with Crippen LogP contribution in [0.2, 0.25) is 10.0 Å². The fourth-order valence-electron chi connectivity index (χ4n) is 2.43. The number of carbonyl (C=O) groups is 2. The van der Waals surface area contributed by atoms with Gasteiger partial charge in [0.2, 0.25) is 0 Å². The molecule has 3 rings (SSSR count). The summed E-state index contributed by atoms with van der Waals surface area (Å²) in [7, 11) is 0. The highest BCUT2D eigenvalue weighted by Crippen LogP contribution is 2.24. The van der Waals surface area contributed by atoms with Crippen molar-refractivity contribution in [3.8, 4) is 11.4 Å². The number of hydrogen-bond donors (Lipinski definition) is 3. The first-order valence-electron chi connectivity index (χ1n) is 8.47. The maximum atomic E-state index is 12.1. The normalized spacial score (nSPS) is 10.4. The second-order valence-corrected chi connectivity index (χ2v) is 6.79. The molecule has 0 aliphatic rings. The van der Waals surface area contributed by atoms with E-state index < -0.39 is 11.9 Å². The van der Waals surface area contributed by atoms with E-state index in [1.807, 2.05) is 6.07 Å². The largest absolute Gasteiger partial charge is 0.484 e. The number of halogens is 2. The smallest absolute Gasteiger partial charge is 0.320 e. The molecule has 1 aromatic heterocycles. The molecule has 0 bridgehead atoms. The molecule has 0 saturated heterocycles. The Kier molecular flexibility index (Phi) is 6.58.